The molecule has 2 fully saturated rings. The minimum absolute atomic E-state index is 0.0257. The van der Waals surface area contributed by atoms with Crippen LogP contribution in [0.4, 0.5) is 15.9 Å². The number of hydrogen-bond donors (Lipinski definition) is 1. The maximum Gasteiger partial charge on any atom is 0.224 e. The van der Waals surface area contributed by atoms with E-state index in [9.17, 15) is 14.0 Å². The maximum atomic E-state index is 13.1. The van der Waals surface area contributed by atoms with Gasteiger partial charge in [0.2, 0.25) is 11.8 Å². The van der Waals surface area contributed by atoms with Gasteiger partial charge in [0.05, 0.1) is 6.20 Å². The Hall–Kier alpha value is -3.23. The van der Waals surface area contributed by atoms with Gasteiger partial charge in [-0.2, -0.15) is 0 Å². The number of benzene rings is 1. The molecule has 1 aromatic carbocycles. The summed E-state index contributed by atoms with van der Waals surface area (Å²) in [4.78, 5) is 39.6. The minimum atomic E-state index is -0.249. The number of carbonyl (C=O) groups is 2. The van der Waals surface area contributed by atoms with E-state index in [2.05, 4.69) is 25.1 Å². The van der Waals surface area contributed by atoms with Crippen molar-refractivity contribution >= 4 is 23.3 Å². The third kappa shape index (κ3) is 5.52. The van der Waals surface area contributed by atoms with Gasteiger partial charge >= 0.3 is 0 Å². The molecule has 0 atom stereocenters. The number of piperazine rings is 1. The SMILES string of the molecule is O=C(NCCC(=O)N1CCN(c2ccc(F)cc2)CC1)C1CCN(c2cnccn2)CC1. The molecule has 0 aliphatic carbocycles. The third-order valence-electron chi connectivity index (χ3n) is 6.20. The Kier molecular flexibility index (Phi) is 7.14. The second-order valence-corrected chi connectivity index (χ2v) is 8.21. The number of nitrogens with zero attached hydrogens (tertiary/aromatic N) is 5. The lowest BCUT2D eigenvalue weighted by atomic mass is 9.96. The highest BCUT2D eigenvalue weighted by Crippen LogP contribution is 2.21. The minimum Gasteiger partial charge on any atom is -0.368 e. The largest absolute Gasteiger partial charge is 0.368 e. The van der Waals surface area contributed by atoms with Crippen LogP contribution >= 0.6 is 0 Å². The molecule has 2 aliphatic heterocycles. The van der Waals surface area contributed by atoms with Crippen molar-refractivity contribution in [3.8, 4) is 0 Å². The number of amides is 2. The van der Waals surface area contributed by atoms with Crippen molar-refractivity contribution in [2.24, 2.45) is 5.92 Å². The highest BCUT2D eigenvalue weighted by atomic mass is 19.1. The van der Waals surface area contributed by atoms with Crippen LogP contribution in [0.15, 0.2) is 42.9 Å². The van der Waals surface area contributed by atoms with Gasteiger partial charge in [0.15, 0.2) is 0 Å². The van der Waals surface area contributed by atoms with Crippen LogP contribution in [0.3, 0.4) is 0 Å². The first kappa shape index (κ1) is 22.0. The first-order valence-electron chi connectivity index (χ1n) is 11.2. The first-order chi connectivity index (χ1) is 15.6. The number of hydrogen-bond acceptors (Lipinski definition) is 6. The summed E-state index contributed by atoms with van der Waals surface area (Å²) in [6.07, 6.45) is 6.90. The molecule has 3 heterocycles. The van der Waals surface area contributed by atoms with Gasteiger partial charge in [0, 0.05) is 76.2 Å². The molecule has 0 saturated carbocycles. The van der Waals surface area contributed by atoms with Crippen molar-refractivity contribution < 1.29 is 14.0 Å². The summed E-state index contributed by atoms with van der Waals surface area (Å²) in [5.74, 6) is 0.647. The van der Waals surface area contributed by atoms with Crippen molar-refractivity contribution in [1.82, 2.24) is 20.2 Å². The lowest BCUT2D eigenvalue weighted by Gasteiger charge is -2.36. The second-order valence-electron chi connectivity index (χ2n) is 8.21. The molecule has 170 valence electrons. The Morgan fingerprint density at radius 2 is 1.69 bits per heavy atom. The van der Waals surface area contributed by atoms with Gasteiger partial charge in [-0.15, -0.1) is 0 Å². The second kappa shape index (κ2) is 10.4. The molecule has 32 heavy (non-hydrogen) atoms. The van der Waals surface area contributed by atoms with Crippen LogP contribution in [0.25, 0.3) is 0 Å². The molecule has 1 N–H and O–H groups in total. The molecule has 0 spiro atoms. The zero-order valence-electron chi connectivity index (χ0n) is 18.1. The smallest absolute Gasteiger partial charge is 0.224 e. The van der Waals surface area contributed by atoms with Crippen LogP contribution in [0.2, 0.25) is 0 Å². The van der Waals surface area contributed by atoms with Gasteiger partial charge < -0.3 is 20.0 Å². The van der Waals surface area contributed by atoms with E-state index in [1.807, 2.05) is 4.90 Å². The van der Waals surface area contributed by atoms with E-state index in [0.29, 0.717) is 39.1 Å². The first-order valence-corrected chi connectivity index (χ1v) is 11.2. The van der Waals surface area contributed by atoms with Gasteiger partial charge in [-0.3, -0.25) is 14.6 Å². The Balaban J connectivity index is 1.14. The standard InChI is InChI=1S/C23H29FN6O2/c24-19-1-3-20(4-2-19)28-13-15-30(16-14-28)22(31)5-8-27-23(32)18-6-11-29(12-7-18)21-17-25-9-10-26-21/h1-4,9-10,17-18H,5-8,11-16H2,(H,27,32). The highest BCUT2D eigenvalue weighted by molar-refractivity contribution is 5.81. The summed E-state index contributed by atoms with van der Waals surface area (Å²) >= 11 is 0. The van der Waals surface area contributed by atoms with E-state index < -0.39 is 0 Å². The average molecular weight is 441 g/mol. The normalized spacial score (nSPS) is 17.3. The molecule has 0 radical (unpaired) electrons. The predicted octanol–water partition coefficient (Wildman–Crippen LogP) is 1.69. The molecule has 2 aromatic rings. The summed E-state index contributed by atoms with van der Waals surface area (Å²) in [5.41, 5.74) is 0.969. The fraction of sp³-hybridized carbons (Fsp3) is 0.478. The van der Waals surface area contributed by atoms with Gasteiger partial charge in [-0.05, 0) is 37.1 Å². The number of rotatable bonds is 6. The number of anilines is 2. The van der Waals surface area contributed by atoms with Crippen LogP contribution in [-0.2, 0) is 9.59 Å². The van der Waals surface area contributed by atoms with E-state index in [4.69, 9.17) is 0 Å². The topological polar surface area (TPSA) is 81.7 Å². The summed E-state index contributed by atoms with van der Waals surface area (Å²) in [7, 11) is 0. The Morgan fingerprint density at radius 3 is 2.34 bits per heavy atom. The van der Waals surface area contributed by atoms with E-state index in [0.717, 1.165) is 37.4 Å². The molecule has 2 saturated heterocycles. The van der Waals surface area contributed by atoms with Crippen molar-refractivity contribution in [2.75, 3.05) is 55.6 Å². The molecule has 0 unspecified atom stereocenters. The van der Waals surface area contributed by atoms with Gasteiger partial charge in [-0.1, -0.05) is 0 Å². The van der Waals surface area contributed by atoms with E-state index >= 15 is 0 Å². The predicted molar refractivity (Wildman–Crippen MR) is 120 cm³/mol. The number of aromatic nitrogens is 2. The Bertz CT molecular complexity index is 894. The zero-order chi connectivity index (χ0) is 22.3. The number of carbonyl (C=O) groups excluding carboxylic acids is 2. The molecule has 9 heteroatoms. The molecular formula is C23H29FN6O2. The summed E-state index contributed by atoms with van der Waals surface area (Å²) in [6.45, 7) is 4.60. The third-order valence-corrected chi connectivity index (χ3v) is 6.20. The molecule has 2 amide bonds. The maximum absolute atomic E-state index is 13.1. The molecule has 1 aromatic heterocycles. The molecule has 8 nitrogen and oxygen atoms in total. The van der Waals surface area contributed by atoms with Crippen LogP contribution in [0, 0.1) is 11.7 Å². The van der Waals surface area contributed by atoms with E-state index in [-0.39, 0.29) is 23.5 Å². The molecular weight excluding hydrogens is 411 g/mol. The molecule has 4 rings (SSSR count). The van der Waals surface area contributed by atoms with Crippen LogP contribution < -0.4 is 15.1 Å². The molecule has 0 bridgehead atoms. The summed E-state index contributed by atoms with van der Waals surface area (Å²) in [6, 6.07) is 6.43. The van der Waals surface area contributed by atoms with Crippen LogP contribution in [-0.4, -0.2) is 72.5 Å². The van der Waals surface area contributed by atoms with Gasteiger partial charge in [0.1, 0.15) is 11.6 Å². The Labute approximate surface area is 187 Å². The zero-order valence-corrected chi connectivity index (χ0v) is 18.1. The fourth-order valence-corrected chi connectivity index (χ4v) is 4.29. The van der Waals surface area contributed by atoms with Gasteiger partial charge in [-0.25, -0.2) is 9.37 Å². The van der Waals surface area contributed by atoms with Crippen molar-refractivity contribution in [3.05, 3.63) is 48.7 Å². The summed E-state index contributed by atoms with van der Waals surface area (Å²) < 4.78 is 13.1. The monoisotopic (exact) mass is 440 g/mol. The quantitative estimate of drug-likeness (QED) is 0.736. The van der Waals surface area contributed by atoms with Gasteiger partial charge in [0.25, 0.3) is 0 Å². The van der Waals surface area contributed by atoms with Crippen LogP contribution in [0.1, 0.15) is 19.3 Å². The highest BCUT2D eigenvalue weighted by Gasteiger charge is 2.26. The van der Waals surface area contributed by atoms with Crippen LogP contribution in [0.5, 0.6) is 0 Å². The van der Waals surface area contributed by atoms with E-state index in [1.165, 1.54) is 12.1 Å². The number of halogens is 1. The Morgan fingerprint density at radius 1 is 0.969 bits per heavy atom. The number of piperidine rings is 1. The van der Waals surface area contributed by atoms with E-state index in [1.54, 1.807) is 30.7 Å². The summed E-state index contributed by atoms with van der Waals surface area (Å²) in [5, 5.41) is 2.94. The average Bonchev–Trinajstić information content (AvgIpc) is 2.85. The lowest BCUT2D eigenvalue weighted by molar-refractivity contribution is -0.131. The van der Waals surface area contributed by atoms with Crippen molar-refractivity contribution in [1.29, 1.82) is 0 Å². The van der Waals surface area contributed by atoms with Crippen molar-refractivity contribution in [3.63, 3.8) is 0 Å². The van der Waals surface area contributed by atoms with Crippen molar-refractivity contribution in [2.45, 2.75) is 19.3 Å². The molecule has 2 aliphatic rings. The number of nitrogens with one attached hydrogen (secondary N) is 1. The fourth-order valence-electron chi connectivity index (χ4n) is 4.29. The lowest BCUT2D eigenvalue weighted by Crippen LogP contribution is -2.49.